The minimum atomic E-state index is -4.53. The third-order valence-corrected chi connectivity index (χ3v) is 16.9. The molecule has 0 spiro atoms. The smallest absolute Gasteiger partial charge is 0.303 e. The summed E-state index contributed by atoms with van der Waals surface area (Å²) in [5, 5.41) is 9.22. The number of rotatable bonds is 24. The molecule has 0 unspecified atom stereocenters. The third kappa shape index (κ3) is 14.8. The van der Waals surface area contributed by atoms with Crippen LogP contribution in [0.15, 0.2) is 107 Å². The number of aliphatic carboxylic acids is 1. The summed E-state index contributed by atoms with van der Waals surface area (Å²) < 4.78 is 151. The summed E-state index contributed by atoms with van der Waals surface area (Å²) >= 11 is 0. The molecular weight excluding hydrogens is 1030 g/mol. The Bertz CT molecular complexity index is 3190. The van der Waals surface area contributed by atoms with E-state index in [0.717, 1.165) is 45.1 Å². The van der Waals surface area contributed by atoms with Gasteiger partial charge in [0.05, 0.1) is 27.6 Å². The van der Waals surface area contributed by atoms with Crippen molar-refractivity contribution in [3.63, 3.8) is 0 Å². The minimum absolute atomic E-state index is 0.0150. The molecule has 0 fully saturated rings. The van der Waals surface area contributed by atoms with Gasteiger partial charge < -0.3 is 14.9 Å². The molecule has 398 valence electrons. The van der Waals surface area contributed by atoms with Gasteiger partial charge in [0, 0.05) is 72.7 Å². The number of hydrogen-bond donors (Lipinski definition) is 5. The number of fused-ring (bicyclic) bond motifs is 2. The van der Waals surface area contributed by atoms with Crippen molar-refractivity contribution in [2.45, 2.75) is 108 Å². The van der Waals surface area contributed by atoms with Crippen molar-refractivity contribution in [3.8, 4) is 0 Å². The molecule has 0 atom stereocenters. The minimum Gasteiger partial charge on any atom is -0.481 e. The standard InChI is InChI=1S/C51H64FN3O14S4/c1-50(2)42-34-40(53(26-10-30-70(58,59)60)27-11-31-71(61,62)63)20-22-44(42)55(29-12-32-72(64,65)66)46(50)24-18-36-13-8-14-37(49(36)38-15-9-16-39(52)33-38)19-25-47-51(3,4)43-35-41(73(67,68)69)21-23-45(43)54(47)28-7-5-6-17-48(56)57/h9,15-16,18-25,33-35H,5-8,10-14,17,26-32H2,1-4H3,(H4-,56,57,58,59,60,61,62,63,64,65,66,67,68,69)/p+1. The Labute approximate surface area is 428 Å². The van der Waals surface area contributed by atoms with Crippen molar-refractivity contribution < 1.29 is 70.7 Å². The molecule has 0 saturated carbocycles. The fourth-order valence-electron chi connectivity index (χ4n) is 10.2. The van der Waals surface area contributed by atoms with E-state index < -0.39 is 80.3 Å². The predicted molar refractivity (Wildman–Crippen MR) is 280 cm³/mol. The first-order valence-electron chi connectivity index (χ1n) is 24.1. The SMILES string of the molecule is CC1(C)C(/C=C/C2=C(c3cccc(F)c3)C(=C/C=C3/N(CCCCCC(=O)O)c4ccc(S(=O)(=O)O)cc4C3(C)C)/CCC2)=[N+](CCCS(=O)(=O)O)c2ccc(N(CCCS(=O)(=O)O)CCCS(=O)(=O)O)cc21. The number of hydrogen-bond acceptors (Lipinski definition) is 11. The van der Waals surface area contributed by atoms with Gasteiger partial charge >= 0.3 is 5.97 Å². The second-order valence-electron chi connectivity index (χ2n) is 19.7. The summed E-state index contributed by atoms with van der Waals surface area (Å²) in [6.07, 6.45) is 11.7. The van der Waals surface area contributed by atoms with E-state index in [1.807, 2.05) is 74.8 Å². The Kier molecular flexibility index (Phi) is 17.9. The summed E-state index contributed by atoms with van der Waals surface area (Å²) in [6.45, 7) is 8.80. The number of anilines is 2. The van der Waals surface area contributed by atoms with Gasteiger partial charge in [0.25, 0.3) is 40.5 Å². The summed E-state index contributed by atoms with van der Waals surface area (Å²) in [6, 6.07) is 16.3. The summed E-state index contributed by atoms with van der Waals surface area (Å²) in [5.74, 6) is -2.90. The highest BCUT2D eigenvalue weighted by Gasteiger charge is 2.45. The number of benzene rings is 3. The Morgan fingerprint density at radius 2 is 1.38 bits per heavy atom. The second kappa shape index (κ2) is 22.8. The lowest BCUT2D eigenvalue weighted by atomic mass is 9.79. The van der Waals surface area contributed by atoms with Gasteiger partial charge in [-0.05, 0) is 135 Å². The number of carboxylic acid groups (broad SMARTS) is 1. The highest BCUT2D eigenvalue weighted by molar-refractivity contribution is 7.86. The normalized spacial score (nSPS) is 18.1. The summed E-state index contributed by atoms with van der Waals surface area (Å²) in [7, 11) is -17.4. The maximum absolute atomic E-state index is 15.2. The number of halogens is 1. The molecule has 2 heterocycles. The van der Waals surface area contributed by atoms with Crippen molar-refractivity contribution in [2.24, 2.45) is 0 Å². The van der Waals surface area contributed by atoms with E-state index in [2.05, 4.69) is 4.90 Å². The maximum Gasteiger partial charge on any atom is 0.303 e. The lowest BCUT2D eigenvalue weighted by Crippen LogP contribution is -2.30. The molecule has 6 rings (SSSR count). The van der Waals surface area contributed by atoms with Crippen LogP contribution < -0.4 is 9.80 Å². The fourth-order valence-corrected chi connectivity index (χ4v) is 12.2. The van der Waals surface area contributed by atoms with Crippen LogP contribution in [-0.4, -0.2) is 117 Å². The number of nitrogens with zero attached hydrogens (tertiary/aromatic N) is 3. The molecule has 73 heavy (non-hydrogen) atoms. The molecular formula is C51H65FN3O14S4+. The van der Waals surface area contributed by atoms with E-state index in [-0.39, 0.29) is 50.2 Å². The Morgan fingerprint density at radius 1 is 0.726 bits per heavy atom. The van der Waals surface area contributed by atoms with Crippen molar-refractivity contribution >= 4 is 74.8 Å². The first kappa shape index (κ1) is 57.2. The second-order valence-corrected chi connectivity index (χ2v) is 25.9. The van der Waals surface area contributed by atoms with Crippen LogP contribution in [0.5, 0.6) is 0 Å². The molecule has 0 saturated heterocycles. The molecule has 0 radical (unpaired) electrons. The van der Waals surface area contributed by atoms with E-state index >= 15 is 4.39 Å². The Hall–Kier alpha value is -5.07. The molecule has 3 aromatic rings. The molecule has 3 aliphatic rings. The molecule has 17 nitrogen and oxygen atoms in total. The van der Waals surface area contributed by atoms with E-state index in [9.17, 15) is 61.8 Å². The lowest BCUT2D eigenvalue weighted by Gasteiger charge is -2.28. The number of unbranched alkanes of at least 4 members (excludes halogenated alkanes) is 2. The molecule has 5 N–H and O–H groups in total. The molecule has 0 aromatic heterocycles. The quantitative estimate of drug-likeness (QED) is 0.0320. The first-order chi connectivity index (χ1) is 34.0. The van der Waals surface area contributed by atoms with E-state index in [1.54, 1.807) is 23.1 Å². The number of allylic oxidation sites excluding steroid dienone is 8. The fraction of sp³-hybridized carbons (Fsp3) is 0.451. The van der Waals surface area contributed by atoms with E-state index in [1.165, 1.54) is 24.3 Å². The van der Waals surface area contributed by atoms with Crippen LogP contribution in [0.3, 0.4) is 0 Å². The van der Waals surface area contributed by atoms with Crippen molar-refractivity contribution in [1.29, 1.82) is 0 Å². The van der Waals surface area contributed by atoms with Crippen molar-refractivity contribution in [2.75, 3.05) is 53.2 Å². The zero-order valence-corrected chi connectivity index (χ0v) is 44.6. The monoisotopic (exact) mass is 1090 g/mol. The van der Waals surface area contributed by atoms with Crippen LogP contribution in [0.25, 0.3) is 5.57 Å². The average molecular weight is 1090 g/mol. The molecule has 3 aromatic carbocycles. The van der Waals surface area contributed by atoms with Gasteiger partial charge in [-0.15, -0.1) is 0 Å². The average Bonchev–Trinajstić information content (AvgIpc) is 3.62. The van der Waals surface area contributed by atoms with Crippen LogP contribution in [0, 0.1) is 5.82 Å². The molecule has 0 bridgehead atoms. The van der Waals surface area contributed by atoms with Crippen molar-refractivity contribution in [1.82, 2.24) is 0 Å². The van der Waals surface area contributed by atoms with E-state index in [0.29, 0.717) is 61.9 Å². The zero-order valence-electron chi connectivity index (χ0n) is 41.4. The summed E-state index contributed by atoms with van der Waals surface area (Å²) in [5.41, 5.74) is 6.82. The zero-order chi connectivity index (χ0) is 53.7. The van der Waals surface area contributed by atoms with Gasteiger partial charge in [0.15, 0.2) is 5.71 Å². The van der Waals surface area contributed by atoms with Crippen LogP contribution in [-0.2, 0) is 56.1 Å². The highest BCUT2D eigenvalue weighted by atomic mass is 32.2. The number of carboxylic acids is 1. The number of carbonyl (C=O) groups is 1. The van der Waals surface area contributed by atoms with Gasteiger partial charge in [0.2, 0.25) is 5.69 Å². The maximum atomic E-state index is 15.2. The Balaban J connectivity index is 1.45. The first-order valence-corrected chi connectivity index (χ1v) is 30.3. The van der Waals surface area contributed by atoms with E-state index in [4.69, 9.17) is 0 Å². The molecule has 22 heteroatoms. The third-order valence-electron chi connectivity index (χ3n) is 13.7. The van der Waals surface area contributed by atoms with Gasteiger partial charge in [-0.3, -0.25) is 23.0 Å². The van der Waals surface area contributed by atoms with Gasteiger partial charge in [-0.1, -0.05) is 44.6 Å². The van der Waals surface area contributed by atoms with Gasteiger partial charge in [-0.25, -0.2) is 4.39 Å². The summed E-state index contributed by atoms with van der Waals surface area (Å²) in [4.78, 5) is 14.9. The van der Waals surface area contributed by atoms with Gasteiger partial charge in [-0.2, -0.15) is 38.2 Å². The molecule has 1 aliphatic carbocycles. The molecule has 0 amide bonds. The lowest BCUT2D eigenvalue weighted by molar-refractivity contribution is -0.437. The Morgan fingerprint density at radius 3 is 2.00 bits per heavy atom. The molecule has 2 aliphatic heterocycles. The topological polar surface area (TPSA) is 264 Å². The predicted octanol–water partition coefficient (Wildman–Crippen LogP) is 8.54. The highest BCUT2D eigenvalue weighted by Crippen LogP contribution is 2.49. The van der Waals surface area contributed by atoms with Gasteiger partial charge in [0.1, 0.15) is 12.4 Å². The van der Waals surface area contributed by atoms with Crippen LogP contribution in [0.4, 0.5) is 21.5 Å². The van der Waals surface area contributed by atoms with Crippen LogP contribution >= 0.6 is 0 Å². The van der Waals surface area contributed by atoms with Crippen molar-refractivity contribution in [3.05, 3.63) is 124 Å². The van der Waals surface area contributed by atoms with Crippen LogP contribution in [0.1, 0.15) is 109 Å². The van der Waals surface area contributed by atoms with Crippen LogP contribution in [0.2, 0.25) is 0 Å². The largest absolute Gasteiger partial charge is 0.481 e.